The number of rotatable bonds is 2. The average Bonchev–Trinajstić information content (AvgIpc) is 1.66. The van der Waals surface area contributed by atoms with Crippen molar-refractivity contribution in [1.82, 2.24) is 5.32 Å². The summed E-state index contributed by atoms with van der Waals surface area (Å²) < 4.78 is 0. The van der Waals surface area contributed by atoms with Crippen molar-refractivity contribution in [2.45, 2.75) is 26.9 Å². The summed E-state index contributed by atoms with van der Waals surface area (Å²) in [6, 6.07) is 0. The average molecular weight is 183 g/mol. The van der Waals surface area contributed by atoms with Gasteiger partial charge in [0.05, 0.1) is 6.73 Å². The quantitative estimate of drug-likeness (QED) is 0.415. The van der Waals surface area contributed by atoms with Gasteiger partial charge in [0.25, 0.3) is 0 Å². The normalized spacial score (nSPS) is 7.80. The Morgan fingerprint density at radius 2 is 1.70 bits per heavy atom. The fourth-order valence-corrected chi connectivity index (χ4v) is 0.112. The molecule has 0 saturated heterocycles. The van der Waals surface area contributed by atoms with Crippen molar-refractivity contribution in [2.75, 3.05) is 13.3 Å². The van der Waals surface area contributed by atoms with E-state index in [0.29, 0.717) is 0 Å². The van der Waals surface area contributed by atoms with E-state index in [1.807, 2.05) is 6.92 Å². The number of hydrogen-bond acceptors (Lipinski definition) is 3. The molecule has 10 heavy (non-hydrogen) atoms. The Labute approximate surface area is 77.7 Å². The van der Waals surface area contributed by atoms with Crippen LogP contribution in [0.2, 0.25) is 0 Å². The van der Waals surface area contributed by atoms with Crippen LogP contribution in [0.1, 0.15) is 20.8 Å². The van der Waals surface area contributed by atoms with Crippen LogP contribution in [-0.2, 0) is 21.7 Å². The Kier molecular flexibility index (Phi) is 27.6. The molecule has 0 heterocycles. The van der Waals surface area contributed by atoms with Crippen LogP contribution in [0.3, 0.4) is 0 Å². The maximum absolute atomic E-state index is 8.06. The molecule has 0 aliphatic heterocycles. The third-order valence-corrected chi connectivity index (χ3v) is 0.362. The third-order valence-electron chi connectivity index (χ3n) is 0.362. The van der Waals surface area contributed by atoms with Crippen molar-refractivity contribution in [1.29, 1.82) is 0 Å². The molecule has 0 rings (SSSR count). The molecule has 3 N–H and O–H groups in total. The van der Waals surface area contributed by atoms with E-state index in [2.05, 4.69) is 5.32 Å². The number of aliphatic hydroxyl groups is 2. The summed E-state index contributed by atoms with van der Waals surface area (Å²) in [4.78, 5) is 0. The second-order valence-electron chi connectivity index (χ2n) is 1.86. The zero-order valence-electron chi connectivity index (χ0n) is 6.89. The molecule has 0 aliphatic rings. The van der Waals surface area contributed by atoms with Gasteiger partial charge in [-0.05, 0) is 20.4 Å². The van der Waals surface area contributed by atoms with Gasteiger partial charge in [0.15, 0.2) is 0 Å². The zero-order chi connectivity index (χ0) is 7.70. The van der Waals surface area contributed by atoms with Crippen molar-refractivity contribution in [2.24, 2.45) is 0 Å². The van der Waals surface area contributed by atoms with Gasteiger partial charge in [0, 0.05) is 27.8 Å². The van der Waals surface area contributed by atoms with Crippen molar-refractivity contribution in [3.05, 3.63) is 0 Å². The van der Waals surface area contributed by atoms with Crippen molar-refractivity contribution in [3.63, 3.8) is 0 Å². The second-order valence-corrected chi connectivity index (χ2v) is 1.86. The van der Waals surface area contributed by atoms with Gasteiger partial charge in [0.1, 0.15) is 0 Å². The monoisotopic (exact) mass is 183 g/mol. The molecule has 0 saturated carbocycles. The van der Waals surface area contributed by atoms with E-state index >= 15 is 0 Å². The first-order chi connectivity index (χ1) is 4.15. The van der Waals surface area contributed by atoms with Gasteiger partial charge in [-0.3, -0.25) is 5.32 Å². The zero-order valence-corrected chi connectivity index (χ0v) is 8.45. The van der Waals surface area contributed by atoms with Crippen molar-refractivity contribution in [3.8, 4) is 0 Å². The Hall–Kier alpha value is 0.594. The van der Waals surface area contributed by atoms with Crippen LogP contribution in [0.5, 0.6) is 0 Å². The minimum atomic E-state index is -0.167. The van der Waals surface area contributed by atoms with E-state index in [4.69, 9.17) is 10.2 Å². The van der Waals surface area contributed by atoms with E-state index in [0.717, 1.165) is 6.54 Å². The van der Waals surface area contributed by atoms with Gasteiger partial charge in [0.2, 0.25) is 0 Å². The summed E-state index contributed by atoms with van der Waals surface area (Å²) in [7, 11) is 0. The van der Waals surface area contributed by atoms with Crippen LogP contribution in [0.4, 0.5) is 0 Å². The SMILES string of the molecule is CC(C)O.CCNCO.[Ti]. The van der Waals surface area contributed by atoms with Crippen molar-refractivity contribution < 1.29 is 31.9 Å². The van der Waals surface area contributed by atoms with Crippen LogP contribution in [0.25, 0.3) is 0 Å². The Morgan fingerprint density at radius 1 is 1.40 bits per heavy atom. The molecule has 4 heteroatoms. The first-order valence-corrected chi connectivity index (χ1v) is 3.14. The fraction of sp³-hybridized carbons (Fsp3) is 1.00. The van der Waals surface area contributed by atoms with E-state index < -0.39 is 0 Å². The van der Waals surface area contributed by atoms with Gasteiger partial charge >= 0.3 is 0 Å². The molecular weight excluding hydrogens is 166 g/mol. The molecule has 0 bridgehead atoms. The first kappa shape index (κ1) is 16.9. The molecule has 0 radical (unpaired) electrons. The summed E-state index contributed by atoms with van der Waals surface area (Å²) >= 11 is 0. The summed E-state index contributed by atoms with van der Waals surface area (Å²) in [6.45, 7) is 6.32. The largest absolute Gasteiger partial charge is 0.394 e. The Bertz CT molecular complexity index is 40.0. The molecule has 0 aromatic heterocycles. The standard InChI is InChI=1S/C3H9NO.C3H8O.Ti/c1-2-4-3-5;1-3(2)4;/h4-5H,2-3H2,1H3;3-4H,1-2H3;. The maximum Gasteiger partial charge on any atom is 0.0931 e. The molecule has 0 aromatic carbocycles. The van der Waals surface area contributed by atoms with Crippen LogP contribution >= 0.6 is 0 Å². The minimum absolute atomic E-state index is 0. The predicted octanol–water partition coefficient (Wildman–Crippen LogP) is -0.0697. The summed E-state index contributed by atoms with van der Waals surface area (Å²) in [5, 5.41) is 18.7. The van der Waals surface area contributed by atoms with Gasteiger partial charge in [-0.15, -0.1) is 0 Å². The molecule has 3 nitrogen and oxygen atoms in total. The van der Waals surface area contributed by atoms with Gasteiger partial charge in [-0.2, -0.15) is 0 Å². The molecule has 0 aliphatic carbocycles. The molecule has 62 valence electrons. The van der Waals surface area contributed by atoms with Gasteiger partial charge in [-0.1, -0.05) is 6.92 Å². The van der Waals surface area contributed by atoms with Crippen LogP contribution in [0.15, 0.2) is 0 Å². The van der Waals surface area contributed by atoms with E-state index in [1.165, 1.54) is 0 Å². The van der Waals surface area contributed by atoms with Crippen LogP contribution < -0.4 is 5.32 Å². The topological polar surface area (TPSA) is 52.5 Å². The van der Waals surface area contributed by atoms with E-state index in [1.54, 1.807) is 13.8 Å². The first-order valence-electron chi connectivity index (χ1n) is 3.14. The number of aliphatic hydroxyl groups excluding tert-OH is 2. The van der Waals surface area contributed by atoms with Gasteiger partial charge in [-0.25, -0.2) is 0 Å². The summed E-state index contributed by atoms with van der Waals surface area (Å²) in [5.41, 5.74) is 0. The van der Waals surface area contributed by atoms with Crippen LogP contribution in [-0.4, -0.2) is 29.6 Å². The number of nitrogens with one attached hydrogen (secondary N) is 1. The Balaban J connectivity index is -0.0000000910. The second kappa shape index (κ2) is 16.3. The predicted molar refractivity (Wildman–Crippen MR) is 38.1 cm³/mol. The smallest absolute Gasteiger partial charge is 0.0931 e. The molecular formula is C6H17NO2Ti. The molecule has 0 amide bonds. The summed E-state index contributed by atoms with van der Waals surface area (Å²) in [5.74, 6) is 0. The van der Waals surface area contributed by atoms with Crippen LogP contribution in [0, 0.1) is 0 Å². The molecule has 0 unspecified atom stereocenters. The maximum atomic E-state index is 8.06. The van der Waals surface area contributed by atoms with Crippen molar-refractivity contribution >= 4 is 0 Å². The number of hydrogen-bond donors (Lipinski definition) is 3. The fourth-order valence-electron chi connectivity index (χ4n) is 0.112. The molecule has 0 atom stereocenters. The Morgan fingerprint density at radius 3 is 1.70 bits per heavy atom. The molecule has 0 spiro atoms. The molecule has 0 fully saturated rings. The molecule has 0 aromatic rings. The summed E-state index contributed by atoms with van der Waals surface area (Å²) in [6.07, 6.45) is -0.167. The van der Waals surface area contributed by atoms with Gasteiger partial charge < -0.3 is 10.2 Å². The minimum Gasteiger partial charge on any atom is -0.394 e. The van der Waals surface area contributed by atoms with E-state index in [-0.39, 0.29) is 34.6 Å². The third kappa shape index (κ3) is 73.6. The van der Waals surface area contributed by atoms with E-state index in [9.17, 15) is 0 Å².